The first-order chi connectivity index (χ1) is 42.6. The summed E-state index contributed by atoms with van der Waals surface area (Å²) in [6, 6.07) is 132. The van der Waals surface area contributed by atoms with Crippen LogP contribution in [0.5, 0.6) is 0 Å². The Labute approximate surface area is 506 Å². The van der Waals surface area contributed by atoms with Crippen molar-refractivity contribution in [2.45, 2.75) is 0 Å². The zero-order valence-corrected chi connectivity index (χ0v) is 49.4. The SMILES string of the molecule is c1ccc(-c2cccc([Si](c3ccccc3)(c3cccc(-c4ccccc4)c3)c3cc(-c4nc(-c5ccccc5)nc(-c5ccccc5)n4)cc([Si](c4ccccc4)(c4cccc(-c5ccccc5)c4)c4cccc(-c5ccccc5)c4)c3)c2)cc1. The molecule has 13 aromatic carbocycles. The van der Waals surface area contributed by atoms with Gasteiger partial charge in [0, 0.05) is 16.7 Å². The highest BCUT2D eigenvalue weighted by Gasteiger charge is 2.47. The van der Waals surface area contributed by atoms with E-state index in [0.29, 0.717) is 17.5 Å². The number of rotatable bonds is 15. The topological polar surface area (TPSA) is 38.7 Å². The first kappa shape index (κ1) is 53.3. The Kier molecular flexibility index (Phi) is 14.8. The third-order valence-electron chi connectivity index (χ3n) is 16.8. The van der Waals surface area contributed by atoms with Gasteiger partial charge in [-0.2, -0.15) is 0 Å². The van der Waals surface area contributed by atoms with Crippen LogP contribution in [0.25, 0.3) is 78.7 Å². The van der Waals surface area contributed by atoms with Gasteiger partial charge in [0.25, 0.3) is 0 Å². The number of hydrogen-bond donors (Lipinski definition) is 0. The van der Waals surface area contributed by atoms with E-state index < -0.39 is 16.1 Å². The number of nitrogens with zero attached hydrogens (tertiary/aromatic N) is 3. The largest absolute Gasteiger partial charge is 0.208 e. The standard InChI is InChI=1S/C81H59N3Si2/c1-9-29-60(30-10-1)66-41-25-49-73(53-66)85(71-45-21-7-22-46-71,74-50-26-42-67(54-74)61-31-11-2-12-32-61)77-57-70(81-83-79(64-37-17-5-18-38-64)82-80(84-81)65-39-19-6-20-40-65)58-78(59-77)86(72-47-23-8-24-48-72,75-51-27-43-68(55-75)62-33-13-3-14-34-62)76-52-28-44-69(56-76)63-35-15-4-16-36-63/h1-59H. The van der Waals surface area contributed by atoms with Crippen LogP contribution in [-0.2, 0) is 0 Å². The molecule has 0 aliphatic carbocycles. The van der Waals surface area contributed by atoms with Crippen molar-refractivity contribution in [3.8, 4) is 78.7 Å². The van der Waals surface area contributed by atoms with Crippen molar-refractivity contribution >= 4 is 57.6 Å². The minimum atomic E-state index is -3.54. The molecule has 14 rings (SSSR count). The molecule has 0 unspecified atom stereocenters. The zero-order chi connectivity index (χ0) is 57.5. The molecule has 0 bridgehead atoms. The third kappa shape index (κ3) is 10.3. The fourth-order valence-electron chi connectivity index (χ4n) is 12.8. The van der Waals surface area contributed by atoms with Gasteiger partial charge in [-0.3, -0.25) is 0 Å². The van der Waals surface area contributed by atoms with Crippen molar-refractivity contribution in [3.63, 3.8) is 0 Å². The highest BCUT2D eigenvalue weighted by Crippen LogP contribution is 2.29. The van der Waals surface area contributed by atoms with E-state index in [4.69, 9.17) is 15.0 Å². The van der Waals surface area contributed by atoms with Crippen molar-refractivity contribution in [2.75, 3.05) is 0 Å². The molecule has 406 valence electrons. The van der Waals surface area contributed by atoms with Crippen LogP contribution in [0.4, 0.5) is 0 Å². The Balaban J connectivity index is 1.18. The maximum absolute atomic E-state index is 5.61. The van der Waals surface area contributed by atoms with Crippen LogP contribution in [0.2, 0.25) is 0 Å². The van der Waals surface area contributed by atoms with Gasteiger partial charge in [-0.05, 0) is 86.0 Å². The molecule has 0 atom stereocenters. The van der Waals surface area contributed by atoms with E-state index in [2.05, 4.69) is 346 Å². The molecule has 0 radical (unpaired) electrons. The predicted octanol–water partition coefficient (Wildman–Crippen LogP) is 14.3. The van der Waals surface area contributed by atoms with Crippen molar-refractivity contribution in [3.05, 3.63) is 358 Å². The molecule has 0 aliphatic rings. The summed E-state index contributed by atoms with van der Waals surface area (Å²) >= 11 is 0. The Hall–Kier alpha value is -10.7. The molecule has 1 heterocycles. The normalized spacial score (nSPS) is 11.5. The maximum atomic E-state index is 5.61. The molecular formula is C81H59N3Si2. The highest BCUT2D eigenvalue weighted by atomic mass is 28.3. The molecule has 0 N–H and O–H groups in total. The molecule has 0 aliphatic heterocycles. The predicted molar refractivity (Wildman–Crippen MR) is 365 cm³/mol. The number of benzene rings is 13. The Morgan fingerprint density at radius 3 is 0.605 bits per heavy atom. The maximum Gasteiger partial charge on any atom is 0.179 e. The lowest BCUT2D eigenvalue weighted by Crippen LogP contribution is -2.78. The van der Waals surface area contributed by atoms with E-state index in [9.17, 15) is 0 Å². The molecule has 0 spiro atoms. The lowest BCUT2D eigenvalue weighted by molar-refractivity contribution is 1.07. The molecule has 1 aromatic heterocycles. The summed E-state index contributed by atoms with van der Waals surface area (Å²) in [5.74, 6) is 1.81. The summed E-state index contributed by atoms with van der Waals surface area (Å²) in [6.07, 6.45) is 0. The average molecular weight is 1130 g/mol. The lowest BCUT2D eigenvalue weighted by Gasteiger charge is -2.39. The second-order valence-electron chi connectivity index (χ2n) is 21.9. The van der Waals surface area contributed by atoms with Crippen molar-refractivity contribution in [2.24, 2.45) is 0 Å². The molecule has 86 heavy (non-hydrogen) atoms. The van der Waals surface area contributed by atoms with Crippen LogP contribution in [0.3, 0.4) is 0 Å². The van der Waals surface area contributed by atoms with Crippen LogP contribution in [0.15, 0.2) is 358 Å². The van der Waals surface area contributed by atoms with E-state index in [1.807, 2.05) is 12.1 Å². The smallest absolute Gasteiger partial charge is 0.179 e. The summed E-state index contributed by atoms with van der Waals surface area (Å²) in [5, 5.41) is 9.96. The van der Waals surface area contributed by atoms with Crippen LogP contribution in [0, 0.1) is 0 Å². The van der Waals surface area contributed by atoms with Crippen molar-refractivity contribution in [1.29, 1.82) is 0 Å². The van der Waals surface area contributed by atoms with E-state index in [1.165, 1.54) is 41.5 Å². The van der Waals surface area contributed by atoms with Crippen LogP contribution in [0.1, 0.15) is 0 Å². The molecule has 0 saturated heterocycles. The quantitative estimate of drug-likeness (QED) is 0.0758. The van der Waals surface area contributed by atoms with Gasteiger partial charge in [-0.25, -0.2) is 15.0 Å². The lowest BCUT2D eigenvalue weighted by atomic mass is 10.1. The first-order valence-electron chi connectivity index (χ1n) is 29.4. The van der Waals surface area contributed by atoms with Gasteiger partial charge in [0.1, 0.15) is 0 Å². The average Bonchev–Trinajstić information content (AvgIpc) is 0.967. The van der Waals surface area contributed by atoms with Gasteiger partial charge < -0.3 is 0 Å². The molecule has 0 fully saturated rings. The Morgan fingerprint density at radius 1 is 0.140 bits per heavy atom. The van der Waals surface area contributed by atoms with E-state index in [0.717, 1.165) is 61.2 Å². The minimum Gasteiger partial charge on any atom is -0.208 e. The van der Waals surface area contributed by atoms with Gasteiger partial charge in [0.2, 0.25) is 0 Å². The first-order valence-corrected chi connectivity index (χ1v) is 33.4. The Bertz CT molecular complexity index is 4150. The second-order valence-corrected chi connectivity index (χ2v) is 29.5. The van der Waals surface area contributed by atoms with Gasteiger partial charge in [-0.15, -0.1) is 0 Å². The molecule has 0 saturated carbocycles. The van der Waals surface area contributed by atoms with E-state index in [1.54, 1.807) is 0 Å². The minimum absolute atomic E-state index is 0.597. The molecule has 5 heteroatoms. The van der Waals surface area contributed by atoms with Gasteiger partial charge in [-0.1, -0.05) is 358 Å². The summed E-state index contributed by atoms with van der Waals surface area (Å²) < 4.78 is 0. The zero-order valence-electron chi connectivity index (χ0n) is 47.4. The van der Waals surface area contributed by atoms with E-state index >= 15 is 0 Å². The highest BCUT2D eigenvalue weighted by molar-refractivity contribution is 7.22. The third-order valence-corrected chi connectivity index (χ3v) is 26.2. The molecule has 14 aromatic rings. The van der Waals surface area contributed by atoms with E-state index in [-0.39, 0.29) is 0 Å². The monoisotopic (exact) mass is 1130 g/mol. The fraction of sp³-hybridized carbons (Fsp3) is 0. The van der Waals surface area contributed by atoms with Crippen LogP contribution >= 0.6 is 0 Å². The summed E-state index contributed by atoms with van der Waals surface area (Å²) in [5.41, 5.74) is 12.0. The molecule has 0 amide bonds. The van der Waals surface area contributed by atoms with Crippen molar-refractivity contribution in [1.82, 2.24) is 15.0 Å². The second kappa shape index (κ2) is 23.9. The van der Waals surface area contributed by atoms with Crippen LogP contribution < -0.4 is 41.5 Å². The summed E-state index contributed by atoms with van der Waals surface area (Å²) in [7, 11) is -7.07. The van der Waals surface area contributed by atoms with Crippen molar-refractivity contribution < 1.29 is 0 Å². The number of hydrogen-bond acceptors (Lipinski definition) is 3. The Morgan fingerprint density at radius 2 is 0.337 bits per heavy atom. The van der Waals surface area contributed by atoms with Gasteiger partial charge in [0.05, 0.1) is 0 Å². The summed E-state index contributed by atoms with van der Waals surface area (Å²) in [4.78, 5) is 16.5. The fourth-order valence-corrected chi connectivity index (χ4v) is 22.6. The molecular weight excluding hydrogens is 1070 g/mol. The number of aromatic nitrogens is 3. The molecule has 3 nitrogen and oxygen atoms in total. The van der Waals surface area contributed by atoms with Crippen LogP contribution in [-0.4, -0.2) is 31.1 Å². The summed E-state index contributed by atoms with van der Waals surface area (Å²) in [6.45, 7) is 0. The van der Waals surface area contributed by atoms with Gasteiger partial charge >= 0.3 is 0 Å². The van der Waals surface area contributed by atoms with Gasteiger partial charge in [0.15, 0.2) is 33.6 Å².